The van der Waals surface area contributed by atoms with Crippen LogP contribution in [0.2, 0.25) is 0 Å². The SMILES string of the molecule is CSc1ccc(OC(C)C(=O)C(C#N)c2ccccn2)cc1. The van der Waals surface area contributed by atoms with Crippen LogP contribution in [-0.2, 0) is 4.79 Å². The molecule has 0 saturated carbocycles. The van der Waals surface area contributed by atoms with E-state index < -0.39 is 12.0 Å². The molecule has 0 saturated heterocycles. The van der Waals surface area contributed by atoms with E-state index in [1.807, 2.05) is 36.6 Å². The number of thioether (sulfide) groups is 1. The molecule has 2 aromatic rings. The van der Waals surface area contributed by atoms with Crippen molar-refractivity contribution >= 4 is 17.5 Å². The van der Waals surface area contributed by atoms with Crippen molar-refractivity contribution in [2.24, 2.45) is 0 Å². The van der Waals surface area contributed by atoms with Crippen LogP contribution in [0.15, 0.2) is 53.6 Å². The van der Waals surface area contributed by atoms with Crippen LogP contribution in [0.4, 0.5) is 0 Å². The summed E-state index contributed by atoms with van der Waals surface area (Å²) < 4.78 is 5.64. The van der Waals surface area contributed by atoms with E-state index in [0.29, 0.717) is 11.4 Å². The van der Waals surface area contributed by atoms with Gasteiger partial charge in [-0.2, -0.15) is 5.26 Å². The summed E-state index contributed by atoms with van der Waals surface area (Å²) in [6.07, 6.45) is 2.85. The van der Waals surface area contributed by atoms with E-state index in [0.717, 1.165) is 4.90 Å². The van der Waals surface area contributed by atoms with E-state index in [1.54, 1.807) is 43.1 Å². The lowest BCUT2D eigenvalue weighted by Gasteiger charge is -2.16. The molecule has 0 aliphatic rings. The minimum atomic E-state index is -0.915. The molecule has 2 rings (SSSR count). The van der Waals surface area contributed by atoms with Crippen molar-refractivity contribution in [3.63, 3.8) is 0 Å². The average molecular weight is 312 g/mol. The second kappa shape index (κ2) is 7.62. The lowest BCUT2D eigenvalue weighted by molar-refractivity contribution is -0.125. The topological polar surface area (TPSA) is 63.0 Å². The lowest BCUT2D eigenvalue weighted by Crippen LogP contribution is -2.29. The Morgan fingerprint density at radius 3 is 2.55 bits per heavy atom. The molecule has 0 aliphatic heterocycles. The van der Waals surface area contributed by atoms with E-state index in [2.05, 4.69) is 4.98 Å². The van der Waals surface area contributed by atoms with Gasteiger partial charge in [-0.05, 0) is 49.6 Å². The number of carbonyl (C=O) groups excluding carboxylic acids is 1. The van der Waals surface area contributed by atoms with Crippen molar-refractivity contribution in [3.8, 4) is 11.8 Å². The molecule has 4 nitrogen and oxygen atoms in total. The average Bonchev–Trinajstić information content (AvgIpc) is 2.57. The first-order valence-corrected chi connectivity index (χ1v) is 8.03. The summed E-state index contributed by atoms with van der Waals surface area (Å²) in [6, 6.07) is 14.7. The molecule has 0 N–H and O–H groups in total. The fraction of sp³-hybridized carbons (Fsp3) is 0.235. The van der Waals surface area contributed by atoms with E-state index in [-0.39, 0.29) is 5.78 Å². The monoisotopic (exact) mass is 312 g/mol. The van der Waals surface area contributed by atoms with Crippen molar-refractivity contribution < 1.29 is 9.53 Å². The Labute approximate surface area is 134 Å². The van der Waals surface area contributed by atoms with Gasteiger partial charge in [0.25, 0.3) is 0 Å². The number of carbonyl (C=O) groups is 1. The number of aromatic nitrogens is 1. The highest BCUT2D eigenvalue weighted by Crippen LogP contribution is 2.22. The van der Waals surface area contributed by atoms with Gasteiger partial charge in [0.1, 0.15) is 5.75 Å². The summed E-state index contributed by atoms with van der Waals surface area (Å²) in [5.41, 5.74) is 0.447. The van der Waals surface area contributed by atoms with Crippen LogP contribution in [0, 0.1) is 11.3 Å². The zero-order valence-corrected chi connectivity index (χ0v) is 13.2. The Morgan fingerprint density at radius 2 is 2.00 bits per heavy atom. The number of pyridine rings is 1. The smallest absolute Gasteiger partial charge is 0.196 e. The van der Waals surface area contributed by atoms with Gasteiger partial charge < -0.3 is 4.74 Å². The summed E-state index contributed by atoms with van der Waals surface area (Å²) in [5.74, 6) is -0.604. The third-order valence-corrected chi connectivity index (χ3v) is 3.91. The van der Waals surface area contributed by atoms with Gasteiger partial charge >= 0.3 is 0 Å². The molecule has 0 aliphatic carbocycles. The first-order valence-electron chi connectivity index (χ1n) is 6.80. The van der Waals surface area contributed by atoms with Crippen LogP contribution in [-0.4, -0.2) is 23.1 Å². The third kappa shape index (κ3) is 3.86. The van der Waals surface area contributed by atoms with Crippen LogP contribution >= 0.6 is 11.8 Å². The zero-order valence-electron chi connectivity index (χ0n) is 12.4. The maximum absolute atomic E-state index is 12.4. The fourth-order valence-electron chi connectivity index (χ4n) is 1.97. The second-order valence-corrected chi connectivity index (χ2v) is 5.53. The maximum Gasteiger partial charge on any atom is 0.196 e. The summed E-state index contributed by atoms with van der Waals surface area (Å²) in [5, 5.41) is 9.26. The molecule has 112 valence electrons. The molecular formula is C17H16N2O2S. The molecular weight excluding hydrogens is 296 g/mol. The Kier molecular flexibility index (Phi) is 5.56. The van der Waals surface area contributed by atoms with Crippen LogP contribution < -0.4 is 4.74 Å². The minimum absolute atomic E-state index is 0.296. The Morgan fingerprint density at radius 1 is 1.27 bits per heavy atom. The number of hydrogen-bond donors (Lipinski definition) is 0. The molecule has 1 aromatic heterocycles. The fourth-order valence-corrected chi connectivity index (χ4v) is 2.38. The second-order valence-electron chi connectivity index (χ2n) is 4.65. The molecule has 0 bridgehead atoms. The van der Waals surface area contributed by atoms with Crippen molar-refractivity contribution in [2.45, 2.75) is 23.8 Å². The van der Waals surface area contributed by atoms with Crippen molar-refractivity contribution in [1.82, 2.24) is 4.98 Å². The van der Waals surface area contributed by atoms with Crippen molar-refractivity contribution in [1.29, 1.82) is 5.26 Å². The molecule has 5 heteroatoms. The van der Waals surface area contributed by atoms with Crippen molar-refractivity contribution in [2.75, 3.05) is 6.26 Å². The number of rotatable bonds is 6. The zero-order chi connectivity index (χ0) is 15.9. The number of nitriles is 1. The standard InChI is InChI=1S/C17H16N2O2S/c1-12(21-13-6-8-14(22-2)9-7-13)17(20)15(11-18)16-5-3-4-10-19-16/h3-10,12,15H,1-2H3. The maximum atomic E-state index is 12.4. The number of Topliss-reactive ketones (excluding diaryl/α,β-unsaturated/α-hetero) is 1. The van der Waals surface area contributed by atoms with E-state index in [1.165, 1.54) is 0 Å². The number of nitrogens with zero attached hydrogens (tertiary/aromatic N) is 2. The van der Waals surface area contributed by atoms with Crippen LogP contribution in [0.5, 0.6) is 5.75 Å². The molecule has 0 spiro atoms. The van der Waals surface area contributed by atoms with Gasteiger partial charge in [-0.1, -0.05) is 6.07 Å². The van der Waals surface area contributed by atoms with E-state index in [4.69, 9.17) is 4.74 Å². The number of ether oxygens (including phenoxy) is 1. The van der Waals surface area contributed by atoms with E-state index in [9.17, 15) is 10.1 Å². The molecule has 1 aromatic carbocycles. The molecule has 0 fully saturated rings. The predicted molar refractivity (Wildman–Crippen MR) is 85.9 cm³/mol. The van der Waals surface area contributed by atoms with Gasteiger partial charge in [-0.15, -0.1) is 11.8 Å². The molecule has 1 heterocycles. The minimum Gasteiger partial charge on any atom is -0.483 e. The first-order chi connectivity index (χ1) is 10.7. The highest BCUT2D eigenvalue weighted by atomic mass is 32.2. The van der Waals surface area contributed by atoms with Gasteiger partial charge in [0.15, 0.2) is 17.8 Å². The van der Waals surface area contributed by atoms with Crippen molar-refractivity contribution in [3.05, 3.63) is 54.4 Å². The largest absolute Gasteiger partial charge is 0.483 e. The highest BCUT2D eigenvalue weighted by molar-refractivity contribution is 7.98. The van der Waals surface area contributed by atoms with Gasteiger partial charge in [0, 0.05) is 11.1 Å². The quantitative estimate of drug-likeness (QED) is 0.764. The Balaban J connectivity index is 2.09. The van der Waals surface area contributed by atoms with Crippen LogP contribution in [0.25, 0.3) is 0 Å². The lowest BCUT2D eigenvalue weighted by atomic mass is 9.98. The summed E-state index contributed by atoms with van der Waals surface area (Å²) in [6.45, 7) is 1.65. The Hall–Kier alpha value is -2.32. The predicted octanol–water partition coefficient (Wildman–Crippen LogP) is 3.45. The van der Waals surface area contributed by atoms with Gasteiger partial charge in [0.05, 0.1) is 11.8 Å². The van der Waals surface area contributed by atoms with Crippen LogP contribution in [0.1, 0.15) is 18.5 Å². The molecule has 2 atom stereocenters. The van der Waals surface area contributed by atoms with Crippen LogP contribution in [0.3, 0.4) is 0 Å². The normalized spacial score (nSPS) is 13.0. The molecule has 0 radical (unpaired) electrons. The summed E-state index contributed by atoms with van der Waals surface area (Å²) in [7, 11) is 0. The molecule has 22 heavy (non-hydrogen) atoms. The number of hydrogen-bond acceptors (Lipinski definition) is 5. The molecule has 0 amide bonds. The number of ketones is 1. The number of benzene rings is 1. The third-order valence-electron chi connectivity index (χ3n) is 3.17. The summed E-state index contributed by atoms with van der Waals surface area (Å²) in [4.78, 5) is 17.6. The van der Waals surface area contributed by atoms with Gasteiger partial charge in [-0.3, -0.25) is 9.78 Å². The van der Waals surface area contributed by atoms with Gasteiger partial charge in [0.2, 0.25) is 0 Å². The summed E-state index contributed by atoms with van der Waals surface area (Å²) >= 11 is 1.63. The Bertz CT molecular complexity index is 665. The highest BCUT2D eigenvalue weighted by Gasteiger charge is 2.27. The first kappa shape index (κ1) is 16.1. The van der Waals surface area contributed by atoms with Gasteiger partial charge in [-0.25, -0.2) is 0 Å². The van der Waals surface area contributed by atoms with E-state index >= 15 is 0 Å². The molecule has 2 unspecified atom stereocenters.